The SMILES string of the molecule is NC(N)=NC(N)=Nc1ccc(Oc2ccc3c(c2)OCO3)cc1. The zero-order valence-corrected chi connectivity index (χ0v) is 12.1. The Morgan fingerprint density at radius 3 is 2.35 bits per heavy atom. The summed E-state index contributed by atoms with van der Waals surface area (Å²) in [5.41, 5.74) is 16.6. The first-order valence-electron chi connectivity index (χ1n) is 6.71. The fraction of sp³-hybridized carbons (Fsp3) is 0.0667. The fourth-order valence-corrected chi connectivity index (χ4v) is 1.95. The van der Waals surface area contributed by atoms with Crippen LogP contribution in [-0.2, 0) is 0 Å². The third-order valence-electron chi connectivity index (χ3n) is 2.90. The number of hydrogen-bond donors (Lipinski definition) is 3. The summed E-state index contributed by atoms with van der Waals surface area (Å²) in [6.45, 7) is 0.225. The molecule has 0 aliphatic carbocycles. The van der Waals surface area contributed by atoms with Gasteiger partial charge in [0.25, 0.3) is 0 Å². The molecular formula is C15H15N5O3. The Labute approximate surface area is 132 Å². The summed E-state index contributed by atoms with van der Waals surface area (Å²) in [6, 6.07) is 12.3. The molecule has 118 valence electrons. The number of hydrogen-bond acceptors (Lipinski definition) is 4. The number of guanidine groups is 2. The number of nitrogens with zero attached hydrogens (tertiary/aromatic N) is 2. The van der Waals surface area contributed by atoms with Crippen LogP contribution in [0.4, 0.5) is 5.69 Å². The minimum Gasteiger partial charge on any atom is -0.457 e. The number of ether oxygens (including phenoxy) is 3. The molecule has 1 heterocycles. The van der Waals surface area contributed by atoms with Crippen molar-refractivity contribution in [3.8, 4) is 23.0 Å². The Hall–Kier alpha value is -3.42. The smallest absolute Gasteiger partial charge is 0.231 e. The maximum Gasteiger partial charge on any atom is 0.231 e. The first kappa shape index (κ1) is 14.5. The topological polar surface area (TPSA) is 130 Å². The molecule has 0 fully saturated rings. The predicted molar refractivity (Wildman–Crippen MR) is 86.2 cm³/mol. The Morgan fingerprint density at radius 2 is 1.61 bits per heavy atom. The maximum absolute atomic E-state index is 5.75. The Kier molecular flexibility index (Phi) is 3.88. The van der Waals surface area contributed by atoms with Crippen LogP contribution in [-0.4, -0.2) is 18.7 Å². The molecule has 0 radical (unpaired) electrons. The molecule has 0 amide bonds. The van der Waals surface area contributed by atoms with E-state index >= 15 is 0 Å². The number of rotatable bonds is 3. The quantitative estimate of drug-likeness (QED) is 0.580. The highest BCUT2D eigenvalue weighted by molar-refractivity contribution is 5.93. The average Bonchev–Trinajstić information content (AvgIpc) is 2.96. The van der Waals surface area contributed by atoms with E-state index in [1.165, 1.54) is 0 Å². The highest BCUT2D eigenvalue weighted by Gasteiger charge is 2.13. The monoisotopic (exact) mass is 313 g/mol. The van der Waals surface area contributed by atoms with Gasteiger partial charge >= 0.3 is 0 Å². The van der Waals surface area contributed by atoms with Crippen LogP contribution in [0.3, 0.4) is 0 Å². The van der Waals surface area contributed by atoms with Crippen LogP contribution in [0.15, 0.2) is 52.4 Å². The van der Waals surface area contributed by atoms with Crippen molar-refractivity contribution >= 4 is 17.6 Å². The molecule has 2 aromatic rings. The zero-order chi connectivity index (χ0) is 16.2. The van der Waals surface area contributed by atoms with Crippen molar-refractivity contribution in [3.05, 3.63) is 42.5 Å². The lowest BCUT2D eigenvalue weighted by Gasteiger charge is -2.06. The van der Waals surface area contributed by atoms with Gasteiger partial charge in [-0.05, 0) is 36.4 Å². The van der Waals surface area contributed by atoms with E-state index in [4.69, 9.17) is 31.4 Å². The van der Waals surface area contributed by atoms with Crippen molar-refractivity contribution < 1.29 is 14.2 Å². The maximum atomic E-state index is 5.75. The van der Waals surface area contributed by atoms with Gasteiger partial charge in [-0.3, -0.25) is 0 Å². The van der Waals surface area contributed by atoms with Crippen LogP contribution in [0.25, 0.3) is 0 Å². The first-order valence-corrected chi connectivity index (χ1v) is 6.71. The second kappa shape index (κ2) is 6.14. The van der Waals surface area contributed by atoms with Crippen molar-refractivity contribution in [1.29, 1.82) is 0 Å². The molecule has 3 rings (SSSR count). The molecule has 0 unspecified atom stereocenters. The molecule has 0 saturated heterocycles. The normalized spacial score (nSPS) is 12.8. The van der Waals surface area contributed by atoms with Crippen molar-refractivity contribution in [1.82, 2.24) is 0 Å². The second-order valence-electron chi connectivity index (χ2n) is 4.62. The van der Waals surface area contributed by atoms with Gasteiger partial charge in [-0.2, -0.15) is 4.99 Å². The molecule has 23 heavy (non-hydrogen) atoms. The van der Waals surface area contributed by atoms with Gasteiger partial charge in [-0.1, -0.05) is 0 Å². The summed E-state index contributed by atoms with van der Waals surface area (Å²) in [5.74, 6) is 2.49. The summed E-state index contributed by atoms with van der Waals surface area (Å²) in [7, 11) is 0. The van der Waals surface area contributed by atoms with Gasteiger partial charge in [0.15, 0.2) is 17.5 Å². The standard InChI is InChI=1S/C15H15N5O3/c16-14(17)20-15(18)19-9-1-3-10(4-2-9)23-11-5-6-12-13(7-11)22-8-21-12/h1-7H,8H2,(H6,16,17,18,19,20). The molecule has 0 saturated carbocycles. The number of aliphatic imine (C=N–C) groups is 2. The summed E-state index contributed by atoms with van der Waals surface area (Å²) in [5, 5.41) is 0. The molecule has 8 heteroatoms. The molecule has 1 aliphatic heterocycles. The van der Waals surface area contributed by atoms with Crippen molar-refractivity contribution in [2.75, 3.05) is 6.79 Å². The molecule has 0 atom stereocenters. The van der Waals surface area contributed by atoms with Crippen LogP contribution in [0.1, 0.15) is 0 Å². The van der Waals surface area contributed by atoms with E-state index in [2.05, 4.69) is 9.98 Å². The Morgan fingerprint density at radius 1 is 0.913 bits per heavy atom. The molecule has 2 aromatic carbocycles. The minimum absolute atomic E-state index is 0.0190. The van der Waals surface area contributed by atoms with Crippen LogP contribution in [0.2, 0.25) is 0 Å². The predicted octanol–water partition coefficient (Wildman–Crippen LogP) is 1.43. The van der Waals surface area contributed by atoms with Gasteiger partial charge < -0.3 is 31.4 Å². The zero-order valence-electron chi connectivity index (χ0n) is 12.1. The van der Waals surface area contributed by atoms with Crippen LogP contribution >= 0.6 is 0 Å². The van der Waals surface area contributed by atoms with Gasteiger partial charge in [0.2, 0.25) is 12.8 Å². The van der Waals surface area contributed by atoms with Gasteiger partial charge in [0.1, 0.15) is 11.5 Å². The van der Waals surface area contributed by atoms with Gasteiger partial charge in [-0.15, -0.1) is 0 Å². The Bertz CT molecular complexity index is 767. The van der Waals surface area contributed by atoms with E-state index in [9.17, 15) is 0 Å². The fourth-order valence-electron chi connectivity index (χ4n) is 1.95. The number of benzene rings is 2. The van der Waals surface area contributed by atoms with Crippen molar-refractivity contribution in [2.24, 2.45) is 27.2 Å². The van der Waals surface area contributed by atoms with Crippen LogP contribution in [0.5, 0.6) is 23.0 Å². The summed E-state index contributed by atoms with van der Waals surface area (Å²) in [4.78, 5) is 7.69. The molecule has 0 bridgehead atoms. The minimum atomic E-state index is -0.144. The van der Waals surface area contributed by atoms with E-state index in [0.717, 1.165) is 0 Å². The first-order chi connectivity index (χ1) is 11.1. The van der Waals surface area contributed by atoms with E-state index in [1.54, 1.807) is 42.5 Å². The second-order valence-corrected chi connectivity index (χ2v) is 4.62. The van der Waals surface area contributed by atoms with E-state index in [1.807, 2.05) is 0 Å². The van der Waals surface area contributed by atoms with Crippen molar-refractivity contribution in [2.45, 2.75) is 0 Å². The third-order valence-corrected chi connectivity index (χ3v) is 2.90. The molecular weight excluding hydrogens is 298 g/mol. The summed E-state index contributed by atoms with van der Waals surface area (Å²) < 4.78 is 16.3. The summed E-state index contributed by atoms with van der Waals surface area (Å²) in [6.07, 6.45) is 0. The van der Waals surface area contributed by atoms with Gasteiger partial charge in [0, 0.05) is 6.07 Å². The molecule has 1 aliphatic rings. The molecule has 0 aromatic heterocycles. The third kappa shape index (κ3) is 3.62. The largest absolute Gasteiger partial charge is 0.457 e. The van der Waals surface area contributed by atoms with Crippen molar-refractivity contribution in [3.63, 3.8) is 0 Å². The molecule has 6 N–H and O–H groups in total. The van der Waals surface area contributed by atoms with Gasteiger partial charge in [-0.25, -0.2) is 4.99 Å². The highest BCUT2D eigenvalue weighted by atomic mass is 16.7. The van der Waals surface area contributed by atoms with Crippen LogP contribution in [0, 0.1) is 0 Å². The van der Waals surface area contributed by atoms with Crippen LogP contribution < -0.4 is 31.4 Å². The lowest BCUT2D eigenvalue weighted by Crippen LogP contribution is -2.26. The Balaban J connectivity index is 1.71. The molecule has 8 nitrogen and oxygen atoms in total. The number of nitrogens with two attached hydrogens (primary N) is 3. The van der Waals surface area contributed by atoms with E-state index < -0.39 is 0 Å². The number of fused-ring (bicyclic) bond motifs is 1. The average molecular weight is 313 g/mol. The highest BCUT2D eigenvalue weighted by Crippen LogP contribution is 2.36. The van der Waals surface area contributed by atoms with Gasteiger partial charge in [0.05, 0.1) is 5.69 Å². The lowest BCUT2D eigenvalue weighted by molar-refractivity contribution is 0.174. The van der Waals surface area contributed by atoms with E-state index in [0.29, 0.717) is 28.7 Å². The summed E-state index contributed by atoms with van der Waals surface area (Å²) >= 11 is 0. The van der Waals surface area contributed by atoms with E-state index in [-0.39, 0.29) is 18.7 Å². The lowest BCUT2D eigenvalue weighted by atomic mass is 10.3. The molecule has 0 spiro atoms.